The Bertz CT molecular complexity index is 750. The molecule has 1 aliphatic rings. The fourth-order valence-corrected chi connectivity index (χ4v) is 3.14. The second kappa shape index (κ2) is 10.0. The highest BCUT2D eigenvalue weighted by atomic mass is 16.6. The number of nitrogens with one attached hydrogen (secondary N) is 1. The molecule has 1 aromatic rings. The van der Waals surface area contributed by atoms with E-state index in [-0.39, 0.29) is 6.61 Å². The van der Waals surface area contributed by atoms with Crippen LogP contribution in [0.4, 0.5) is 0 Å². The Morgan fingerprint density at radius 3 is 2.07 bits per heavy atom. The molecule has 1 heterocycles. The predicted octanol–water partition coefficient (Wildman–Crippen LogP) is 0.999. The molecule has 0 aromatic heterocycles. The lowest BCUT2D eigenvalue weighted by atomic mass is 9.92. The average molecular weight is 407 g/mol. The van der Waals surface area contributed by atoms with Crippen molar-refractivity contribution in [2.45, 2.75) is 58.2 Å². The van der Waals surface area contributed by atoms with Crippen LogP contribution in [0.25, 0.3) is 0 Å². The maximum Gasteiger partial charge on any atom is 0.303 e. The van der Waals surface area contributed by atoms with Gasteiger partial charge in [0.25, 0.3) is 5.91 Å². The van der Waals surface area contributed by atoms with Crippen LogP contribution in [-0.2, 0) is 33.3 Å². The summed E-state index contributed by atoms with van der Waals surface area (Å²) < 4.78 is 21.6. The monoisotopic (exact) mass is 407 g/mol. The van der Waals surface area contributed by atoms with Gasteiger partial charge in [0.2, 0.25) is 0 Å². The molecule has 9 nitrogen and oxygen atoms in total. The minimum Gasteiger partial charge on any atom is -0.463 e. The van der Waals surface area contributed by atoms with Gasteiger partial charge in [-0.25, -0.2) is 0 Å². The summed E-state index contributed by atoms with van der Waals surface area (Å²) in [6.45, 7) is 5.12. The number of hydrogen-bond donors (Lipinski definition) is 1. The van der Waals surface area contributed by atoms with E-state index in [9.17, 15) is 19.2 Å². The number of hydrogen-bond acceptors (Lipinski definition) is 8. The summed E-state index contributed by atoms with van der Waals surface area (Å²) in [7, 11) is 0. The zero-order chi connectivity index (χ0) is 21.6. The topological polar surface area (TPSA) is 117 Å². The highest BCUT2D eigenvalue weighted by molar-refractivity contribution is 5.94. The highest BCUT2D eigenvalue weighted by Gasteiger charge is 2.49. The number of ether oxygens (including phenoxy) is 4. The number of carbonyl (C=O) groups is 4. The van der Waals surface area contributed by atoms with E-state index in [1.54, 1.807) is 37.3 Å². The van der Waals surface area contributed by atoms with Gasteiger partial charge < -0.3 is 24.3 Å². The van der Waals surface area contributed by atoms with Crippen molar-refractivity contribution in [1.29, 1.82) is 0 Å². The fourth-order valence-electron chi connectivity index (χ4n) is 3.14. The van der Waals surface area contributed by atoms with Gasteiger partial charge in [-0.1, -0.05) is 18.2 Å². The minimum absolute atomic E-state index is 0.200. The molecule has 3 unspecified atom stereocenters. The number of amides is 1. The van der Waals surface area contributed by atoms with Gasteiger partial charge in [-0.3, -0.25) is 19.2 Å². The summed E-state index contributed by atoms with van der Waals surface area (Å²) in [6, 6.07) is 7.69. The van der Waals surface area contributed by atoms with E-state index < -0.39 is 54.3 Å². The largest absolute Gasteiger partial charge is 0.463 e. The quantitative estimate of drug-likeness (QED) is 0.548. The Balaban J connectivity index is 2.30. The molecule has 1 aliphatic heterocycles. The molecule has 158 valence electrons. The normalized spacial score (nSPS) is 26.1. The van der Waals surface area contributed by atoms with Crippen molar-refractivity contribution in [2.75, 3.05) is 6.61 Å². The molecule has 1 saturated heterocycles. The van der Waals surface area contributed by atoms with Crippen molar-refractivity contribution in [3.05, 3.63) is 35.9 Å². The number of esters is 3. The summed E-state index contributed by atoms with van der Waals surface area (Å²) in [6.07, 6.45) is -3.60. The molecule has 29 heavy (non-hydrogen) atoms. The summed E-state index contributed by atoms with van der Waals surface area (Å²) in [5.74, 6) is -2.19. The number of carbonyl (C=O) groups excluding carboxylic acids is 4. The molecule has 0 bridgehead atoms. The smallest absolute Gasteiger partial charge is 0.303 e. The van der Waals surface area contributed by atoms with Crippen LogP contribution in [0.15, 0.2) is 30.3 Å². The van der Waals surface area contributed by atoms with Gasteiger partial charge in [-0.05, 0) is 19.1 Å². The molecule has 5 atom stereocenters. The molecule has 1 amide bonds. The maximum absolute atomic E-state index is 12.6. The number of benzene rings is 1. The zero-order valence-corrected chi connectivity index (χ0v) is 16.7. The van der Waals surface area contributed by atoms with Crippen molar-refractivity contribution in [2.24, 2.45) is 0 Å². The summed E-state index contributed by atoms with van der Waals surface area (Å²) in [5.41, 5.74) is 0.410. The molecule has 9 heteroatoms. The first-order chi connectivity index (χ1) is 13.7. The van der Waals surface area contributed by atoms with Crippen molar-refractivity contribution in [1.82, 2.24) is 5.32 Å². The summed E-state index contributed by atoms with van der Waals surface area (Å²) >= 11 is 0. The van der Waals surface area contributed by atoms with E-state index in [4.69, 9.17) is 18.9 Å². The van der Waals surface area contributed by atoms with E-state index in [2.05, 4.69) is 5.32 Å². The highest BCUT2D eigenvalue weighted by Crippen LogP contribution is 2.27. The van der Waals surface area contributed by atoms with E-state index in [1.165, 1.54) is 20.8 Å². The van der Waals surface area contributed by atoms with Gasteiger partial charge in [0.1, 0.15) is 12.7 Å². The SMILES string of the molecule is CC(=O)OCC1O[C@@H](C)C(NC(=O)c2ccccc2)C(OC(C)=O)[C@H]1OC(C)=O. The van der Waals surface area contributed by atoms with Gasteiger partial charge in [-0.15, -0.1) is 0 Å². The van der Waals surface area contributed by atoms with Gasteiger partial charge in [-0.2, -0.15) is 0 Å². The van der Waals surface area contributed by atoms with Crippen LogP contribution in [0.5, 0.6) is 0 Å². The van der Waals surface area contributed by atoms with Crippen LogP contribution in [0.2, 0.25) is 0 Å². The molecule has 0 aliphatic carbocycles. The van der Waals surface area contributed by atoms with Crippen LogP contribution >= 0.6 is 0 Å². The van der Waals surface area contributed by atoms with Crippen LogP contribution < -0.4 is 5.32 Å². The van der Waals surface area contributed by atoms with Gasteiger partial charge >= 0.3 is 17.9 Å². The zero-order valence-electron chi connectivity index (χ0n) is 16.7. The molecule has 0 saturated carbocycles. The summed E-state index contributed by atoms with van der Waals surface area (Å²) in [4.78, 5) is 47.2. The average Bonchev–Trinajstić information content (AvgIpc) is 2.65. The van der Waals surface area contributed by atoms with E-state index in [0.29, 0.717) is 5.56 Å². The van der Waals surface area contributed by atoms with Crippen LogP contribution in [0, 0.1) is 0 Å². The molecule has 0 spiro atoms. The second-order valence-corrected chi connectivity index (χ2v) is 6.70. The van der Waals surface area contributed by atoms with Gasteiger partial charge in [0, 0.05) is 26.3 Å². The third-order valence-electron chi connectivity index (χ3n) is 4.33. The minimum atomic E-state index is -1.08. The Kier molecular flexibility index (Phi) is 7.72. The van der Waals surface area contributed by atoms with Crippen LogP contribution in [0.1, 0.15) is 38.1 Å². The van der Waals surface area contributed by atoms with Crippen molar-refractivity contribution in [3.8, 4) is 0 Å². The maximum atomic E-state index is 12.6. The molecule has 2 rings (SSSR count). The lowest BCUT2D eigenvalue weighted by Gasteiger charge is -2.44. The lowest BCUT2D eigenvalue weighted by molar-refractivity contribution is -0.220. The lowest BCUT2D eigenvalue weighted by Crippen LogP contribution is -2.65. The molecular formula is C20H25NO8. The number of rotatable bonds is 6. The Morgan fingerprint density at radius 1 is 0.931 bits per heavy atom. The second-order valence-electron chi connectivity index (χ2n) is 6.70. The first kappa shape index (κ1) is 22.4. The first-order valence-corrected chi connectivity index (χ1v) is 9.18. The van der Waals surface area contributed by atoms with Crippen molar-refractivity contribution >= 4 is 23.8 Å². The van der Waals surface area contributed by atoms with Crippen LogP contribution in [0.3, 0.4) is 0 Å². The molecule has 1 fully saturated rings. The fraction of sp³-hybridized carbons (Fsp3) is 0.500. The third kappa shape index (κ3) is 6.28. The molecule has 1 aromatic carbocycles. The molecule has 0 radical (unpaired) electrons. The standard InChI is InChI=1S/C20H25NO8/c1-11-17(21-20(25)15-8-6-5-7-9-15)19(29-14(4)24)18(28-13(3)23)16(27-11)10-26-12(2)22/h5-9,11,16-19H,10H2,1-4H3,(H,21,25)/t11-,16?,17?,18-,19?/m0/s1. The van der Waals surface area contributed by atoms with Crippen molar-refractivity contribution in [3.63, 3.8) is 0 Å². The molecular weight excluding hydrogens is 382 g/mol. The van der Waals surface area contributed by atoms with E-state index in [0.717, 1.165) is 0 Å². The van der Waals surface area contributed by atoms with Crippen LogP contribution in [-0.4, -0.2) is 60.9 Å². The summed E-state index contributed by atoms with van der Waals surface area (Å²) in [5, 5.41) is 2.79. The van der Waals surface area contributed by atoms with E-state index in [1.807, 2.05) is 0 Å². The van der Waals surface area contributed by atoms with E-state index >= 15 is 0 Å². The van der Waals surface area contributed by atoms with Crippen molar-refractivity contribution < 1.29 is 38.1 Å². The first-order valence-electron chi connectivity index (χ1n) is 9.18. The third-order valence-corrected chi connectivity index (χ3v) is 4.33. The Hall–Kier alpha value is -2.94. The predicted molar refractivity (Wildman–Crippen MR) is 99.8 cm³/mol. The van der Waals surface area contributed by atoms with Gasteiger partial charge in [0.05, 0.1) is 12.1 Å². The Labute approximate surface area is 168 Å². The Morgan fingerprint density at radius 2 is 1.52 bits per heavy atom. The molecule has 1 N–H and O–H groups in total. The van der Waals surface area contributed by atoms with Gasteiger partial charge in [0.15, 0.2) is 12.2 Å².